The molecule has 20 heavy (non-hydrogen) atoms. The smallest absolute Gasteiger partial charge is 0.220 e. The van der Waals surface area contributed by atoms with Crippen molar-refractivity contribution in [2.45, 2.75) is 13.8 Å². The van der Waals surface area contributed by atoms with Gasteiger partial charge in [-0.25, -0.2) is 4.98 Å². The molecule has 0 aliphatic heterocycles. The largest absolute Gasteiger partial charge is 0.439 e. The molecule has 0 N–H and O–H groups in total. The number of benzene rings is 2. The maximum atomic E-state index is 5.85. The van der Waals surface area contributed by atoms with E-state index in [1.165, 1.54) is 10.9 Å². The van der Waals surface area contributed by atoms with Crippen molar-refractivity contribution in [3.05, 3.63) is 64.1 Å². The van der Waals surface area contributed by atoms with Crippen LogP contribution in [0, 0.1) is 13.8 Å². The monoisotopic (exact) mass is 327 g/mol. The lowest BCUT2D eigenvalue weighted by atomic mass is 10.1. The highest BCUT2D eigenvalue weighted by Crippen LogP contribution is 2.27. The van der Waals surface area contributed by atoms with Crippen LogP contribution >= 0.6 is 15.9 Å². The van der Waals surface area contributed by atoms with E-state index in [2.05, 4.69) is 53.0 Å². The minimum atomic E-state index is 0.631. The normalized spacial score (nSPS) is 10.8. The molecule has 1 heterocycles. The van der Waals surface area contributed by atoms with E-state index in [9.17, 15) is 0 Å². The number of aromatic nitrogens is 1. The van der Waals surface area contributed by atoms with Crippen LogP contribution < -0.4 is 4.74 Å². The van der Waals surface area contributed by atoms with Crippen LogP contribution in [0.4, 0.5) is 0 Å². The van der Waals surface area contributed by atoms with E-state index < -0.39 is 0 Å². The third kappa shape index (κ3) is 2.54. The molecule has 2 nitrogen and oxygen atoms in total. The number of halogens is 1. The first-order chi connectivity index (χ1) is 9.63. The predicted octanol–water partition coefficient (Wildman–Crippen LogP) is 5.41. The molecule has 100 valence electrons. The van der Waals surface area contributed by atoms with Crippen LogP contribution in [0.1, 0.15) is 11.1 Å². The van der Waals surface area contributed by atoms with E-state index in [0.717, 1.165) is 21.3 Å². The van der Waals surface area contributed by atoms with Crippen molar-refractivity contribution in [2.24, 2.45) is 0 Å². The lowest BCUT2D eigenvalue weighted by molar-refractivity contribution is 0.464. The Morgan fingerprint density at radius 3 is 2.45 bits per heavy atom. The molecule has 3 aromatic rings. The Hall–Kier alpha value is -1.87. The van der Waals surface area contributed by atoms with Gasteiger partial charge in [-0.3, -0.25) is 0 Å². The third-order valence-electron chi connectivity index (χ3n) is 3.26. The summed E-state index contributed by atoms with van der Waals surface area (Å²) in [6.45, 7) is 4.15. The van der Waals surface area contributed by atoms with Gasteiger partial charge in [0.15, 0.2) is 0 Å². The molecule has 0 spiro atoms. The maximum Gasteiger partial charge on any atom is 0.220 e. The molecule has 0 amide bonds. The van der Waals surface area contributed by atoms with E-state index in [0.29, 0.717) is 5.88 Å². The highest BCUT2D eigenvalue weighted by molar-refractivity contribution is 9.10. The molecule has 0 aliphatic carbocycles. The molecule has 0 fully saturated rings. The van der Waals surface area contributed by atoms with E-state index in [1.54, 1.807) is 0 Å². The number of para-hydroxylation sites is 1. The second-order valence-electron chi connectivity index (χ2n) is 4.80. The number of ether oxygens (including phenoxy) is 1. The van der Waals surface area contributed by atoms with Crippen LogP contribution in [0.15, 0.2) is 53.0 Å². The van der Waals surface area contributed by atoms with Gasteiger partial charge in [0.2, 0.25) is 5.88 Å². The average Bonchev–Trinajstić information content (AvgIpc) is 2.43. The lowest BCUT2D eigenvalue weighted by Crippen LogP contribution is -1.92. The van der Waals surface area contributed by atoms with Gasteiger partial charge in [0.1, 0.15) is 5.75 Å². The quantitative estimate of drug-likeness (QED) is 0.628. The predicted molar refractivity (Wildman–Crippen MR) is 85.4 cm³/mol. The van der Waals surface area contributed by atoms with Gasteiger partial charge in [0.05, 0.1) is 5.52 Å². The summed E-state index contributed by atoms with van der Waals surface area (Å²) in [5, 5.41) is 1.17. The van der Waals surface area contributed by atoms with Gasteiger partial charge in [0.25, 0.3) is 0 Å². The molecule has 0 atom stereocenters. The molecule has 3 heteroatoms. The highest BCUT2D eigenvalue weighted by Gasteiger charge is 2.06. The Morgan fingerprint density at radius 1 is 0.950 bits per heavy atom. The standard InChI is InChI=1S/C17H14BrNO/c1-11-4-3-5-15-12(2)10-16(19-17(11)15)20-14-8-6-13(18)7-9-14/h3-10H,1-2H3. The molecular formula is C17H14BrNO. The summed E-state index contributed by atoms with van der Waals surface area (Å²) in [5.74, 6) is 1.42. The molecule has 0 bridgehead atoms. The number of hydrogen-bond acceptors (Lipinski definition) is 2. The van der Waals surface area contributed by atoms with Crippen LogP contribution in [-0.4, -0.2) is 4.98 Å². The fourth-order valence-corrected chi connectivity index (χ4v) is 2.47. The molecule has 1 aromatic heterocycles. The van der Waals surface area contributed by atoms with E-state index in [4.69, 9.17) is 4.74 Å². The van der Waals surface area contributed by atoms with Crippen molar-refractivity contribution in [3.63, 3.8) is 0 Å². The van der Waals surface area contributed by atoms with Crippen LogP contribution in [0.2, 0.25) is 0 Å². The zero-order chi connectivity index (χ0) is 14.1. The highest BCUT2D eigenvalue weighted by atomic mass is 79.9. The first kappa shape index (κ1) is 13.1. The second-order valence-corrected chi connectivity index (χ2v) is 5.72. The molecular weight excluding hydrogens is 314 g/mol. The topological polar surface area (TPSA) is 22.1 Å². The van der Waals surface area contributed by atoms with E-state index in [1.807, 2.05) is 30.3 Å². The first-order valence-corrected chi connectivity index (χ1v) is 7.23. The minimum Gasteiger partial charge on any atom is -0.439 e. The lowest BCUT2D eigenvalue weighted by Gasteiger charge is -2.09. The van der Waals surface area contributed by atoms with Gasteiger partial charge in [-0.1, -0.05) is 34.1 Å². The van der Waals surface area contributed by atoms with Gasteiger partial charge in [-0.2, -0.15) is 0 Å². The molecule has 0 saturated carbocycles. The molecule has 2 aromatic carbocycles. The van der Waals surface area contributed by atoms with Gasteiger partial charge < -0.3 is 4.74 Å². The van der Waals surface area contributed by atoms with Crippen LogP contribution in [-0.2, 0) is 0 Å². The molecule has 0 aliphatic rings. The molecule has 0 saturated heterocycles. The van der Waals surface area contributed by atoms with Crippen molar-refractivity contribution >= 4 is 26.8 Å². The fraction of sp³-hybridized carbons (Fsp3) is 0.118. The third-order valence-corrected chi connectivity index (χ3v) is 3.79. The Labute approximate surface area is 126 Å². The first-order valence-electron chi connectivity index (χ1n) is 6.44. The average molecular weight is 328 g/mol. The number of rotatable bonds is 2. The molecule has 0 unspecified atom stereocenters. The van der Waals surface area contributed by atoms with Gasteiger partial charge >= 0.3 is 0 Å². The zero-order valence-corrected chi connectivity index (χ0v) is 12.9. The van der Waals surface area contributed by atoms with Gasteiger partial charge in [-0.15, -0.1) is 0 Å². The minimum absolute atomic E-state index is 0.631. The van der Waals surface area contributed by atoms with Crippen LogP contribution in [0.3, 0.4) is 0 Å². The van der Waals surface area contributed by atoms with Gasteiger partial charge in [0, 0.05) is 15.9 Å². The number of hydrogen-bond donors (Lipinski definition) is 0. The summed E-state index contributed by atoms with van der Waals surface area (Å²) < 4.78 is 6.88. The van der Waals surface area contributed by atoms with Crippen LogP contribution in [0.5, 0.6) is 11.6 Å². The number of pyridine rings is 1. The summed E-state index contributed by atoms with van der Waals surface area (Å²) >= 11 is 3.41. The number of nitrogens with zero attached hydrogens (tertiary/aromatic N) is 1. The van der Waals surface area contributed by atoms with Crippen molar-refractivity contribution in [2.75, 3.05) is 0 Å². The SMILES string of the molecule is Cc1cc(Oc2ccc(Br)cc2)nc2c(C)cccc12. The van der Waals surface area contributed by atoms with Crippen molar-refractivity contribution < 1.29 is 4.74 Å². The second kappa shape index (κ2) is 5.25. The Morgan fingerprint density at radius 2 is 1.70 bits per heavy atom. The number of fused-ring (bicyclic) bond motifs is 1. The summed E-state index contributed by atoms with van der Waals surface area (Å²) in [6.07, 6.45) is 0. The van der Waals surface area contributed by atoms with E-state index in [-0.39, 0.29) is 0 Å². The Balaban J connectivity index is 2.04. The van der Waals surface area contributed by atoms with Crippen molar-refractivity contribution in [3.8, 4) is 11.6 Å². The van der Waals surface area contributed by atoms with Gasteiger partial charge in [-0.05, 0) is 49.2 Å². The summed E-state index contributed by atoms with van der Waals surface area (Å²) in [6, 6.07) is 15.9. The van der Waals surface area contributed by atoms with E-state index >= 15 is 0 Å². The Kier molecular flexibility index (Phi) is 3.45. The summed E-state index contributed by atoms with van der Waals surface area (Å²) in [7, 11) is 0. The fourth-order valence-electron chi connectivity index (χ4n) is 2.21. The Bertz CT molecular complexity index is 766. The van der Waals surface area contributed by atoms with Crippen molar-refractivity contribution in [1.29, 1.82) is 0 Å². The van der Waals surface area contributed by atoms with Crippen LogP contribution in [0.25, 0.3) is 10.9 Å². The van der Waals surface area contributed by atoms with Crippen molar-refractivity contribution in [1.82, 2.24) is 4.98 Å². The number of aryl methyl sites for hydroxylation is 2. The maximum absolute atomic E-state index is 5.85. The summed E-state index contributed by atoms with van der Waals surface area (Å²) in [4.78, 5) is 4.62. The molecule has 3 rings (SSSR count). The summed E-state index contributed by atoms with van der Waals surface area (Å²) in [5.41, 5.74) is 3.33. The zero-order valence-electron chi connectivity index (χ0n) is 11.4. The molecule has 0 radical (unpaired) electrons.